The first-order valence-electron chi connectivity index (χ1n) is 11.4. The molecule has 7 rings (SSSR count). The van der Waals surface area contributed by atoms with E-state index < -0.39 is 0 Å². The molecule has 2 aliphatic heterocycles. The average Bonchev–Trinajstić information content (AvgIpc) is 2.90. The molecule has 35 heavy (non-hydrogen) atoms. The lowest BCUT2D eigenvalue weighted by atomic mass is 10.1. The van der Waals surface area contributed by atoms with Crippen LogP contribution in [0.3, 0.4) is 0 Å². The Labute approximate surface area is 212 Å². The molecule has 5 aromatic carbocycles. The standard InChI is InChI=1S/C30H19FN2S2/c31-20-17-21(32-23-9-1-5-13-27(23)34-28-14-6-2-10-24(28)32)19-22(18-20)33-25-11-3-7-15-29(25)35-30-16-8-4-12-26(30)33/h1-19H. The van der Waals surface area contributed by atoms with Crippen molar-refractivity contribution < 1.29 is 4.39 Å². The maximum Gasteiger partial charge on any atom is 0.127 e. The minimum Gasteiger partial charge on any atom is -0.308 e. The minimum atomic E-state index is -0.265. The number of rotatable bonds is 2. The smallest absolute Gasteiger partial charge is 0.127 e. The molecule has 2 heterocycles. The highest BCUT2D eigenvalue weighted by Gasteiger charge is 2.28. The molecule has 0 unspecified atom stereocenters. The first kappa shape index (κ1) is 20.7. The van der Waals surface area contributed by atoms with Crippen molar-refractivity contribution in [2.45, 2.75) is 19.6 Å². The Kier molecular flexibility index (Phi) is 4.86. The Bertz CT molecular complexity index is 1390. The van der Waals surface area contributed by atoms with Crippen LogP contribution in [0.15, 0.2) is 135 Å². The molecule has 0 saturated carbocycles. The highest BCUT2D eigenvalue weighted by molar-refractivity contribution is 8.00. The van der Waals surface area contributed by atoms with E-state index in [-0.39, 0.29) is 5.82 Å². The predicted molar refractivity (Wildman–Crippen MR) is 144 cm³/mol. The van der Waals surface area contributed by atoms with E-state index in [0.717, 1.165) is 53.7 Å². The topological polar surface area (TPSA) is 6.48 Å². The maximum atomic E-state index is 15.4. The van der Waals surface area contributed by atoms with Gasteiger partial charge in [0.2, 0.25) is 0 Å². The van der Waals surface area contributed by atoms with E-state index in [2.05, 4.69) is 64.4 Å². The lowest BCUT2D eigenvalue weighted by Crippen LogP contribution is -2.18. The molecule has 0 aliphatic carbocycles. The number of para-hydroxylation sites is 4. The summed E-state index contributed by atoms with van der Waals surface area (Å²) in [5.41, 5.74) is 5.83. The molecule has 5 aromatic rings. The van der Waals surface area contributed by atoms with Gasteiger partial charge in [-0.3, -0.25) is 0 Å². The average molecular weight is 491 g/mol. The normalized spacial score (nSPS) is 13.5. The van der Waals surface area contributed by atoms with Gasteiger partial charge in [-0.2, -0.15) is 0 Å². The summed E-state index contributed by atoms with van der Waals surface area (Å²) in [4.78, 5) is 8.96. The molecule has 0 bridgehead atoms. The Hall–Kier alpha value is -3.67. The third kappa shape index (κ3) is 3.42. The van der Waals surface area contributed by atoms with Crippen molar-refractivity contribution in [1.29, 1.82) is 0 Å². The molecule has 0 N–H and O–H groups in total. The van der Waals surface area contributed by atoms with Gasteiger partial charge in [0.05, 0.1) is 34.1 Å². The Balaban J connectivity index is 1.45. The zero-order valence-corrected chi connectivity index (χ0v) is 20.2. The van der Waals surface area contributed by atoms with Gasteiger partial charge in [0.15, 0.2) is 0 Å². The van der Waals surface area contributed by atoms with Crippen molar-refractivity contribution >= 4 is 57.6 Å². The maximum absolute atomic E-state index is 15.4. The van der Waals surface area contributed by atoms with E-state index in [1.54, 1.807) is 35.7 Å². The van der Waals surface area contributed by atoms with Crippen LogP contribution in [0.5, 0.6) is 0 Å². The van der Waals surface area contributed by atoms with Gasteiger partial charge in [0, 0.05) is 19.6 Å². The van der Waals surface area contributed by atoms with Crippen LogP contribution in [0.2, 0.25) is 0 Å². The summed E-state index contributed by atoms with van der Waals surface area (Å²) in [5.74, 6) is -0.265. The molecule has 0 atom stereocenters. The molecule has 0 amide bonds. The fraction of sp³-hybridized carbons (Fsp3) is 0. The van der Waals surface area contributed by atoms with E-state index in [1.165, 1.54) is 0 Å². The molecule has 0 fully saturated rings. The summed E-state index contributed by atoms with van der Waals surface area (Å²) in [6.07, 6.45) is 0. The zero-order chi connectivity index (χ0) is 23.4. The first-order valence-corrected chi connectivity index (χ1v) is 13.0. The van der Waals surface area contributed by atoms with Crippen molar-refractivity contribution in [2.24, 2.45) is 0 Å². The van der Waals surface area contributed by atoms with Crippen molar-refractivity contribution in [3.63, 3.8) is 0 Å². The van der Waals surface area contributed by atoms with E-state index in [9.17, 15) is 0 Å². The lowest BCUT2D eigenvalue weighted by Gasteiger charge is -2.35. The summed E-state index contributed by atoms with van der Waals surface area (Å²) >= 11 is 3.50. The quantitative estimate of drug-likeness (QED) is 0.238. The van der Waals surface area contributed by atoms with Crippen LogP contribution in [0.4, 0.5) is 38.5 Å². The number of nitrogens with zero attached hydrogens (tertiary/aromatic N) is 2. The third-order valence-electron chi connectivity index (χ3n) is 6.25. The second-order valence-electron chi connectivity index (χ2n) is 8.41. The van der Waals surface area contributed by atoms with Crippen LogP contribution in [0.25, 0.3) is 0 Å². The fourth-order valence-electron chi connectivity index (χ4n) is 4.78. The Morgan fingerprint density at radius 3 is 1.09 bits per heavy atom. The summed E-state index contributed by atoms with van der Waals surface area (Å²) in [6.45, 7) is 0. The van der Waals surface area contributed by atoms with Crippen LogP contribution in [0.1, 0.15) is 0 Å². The van der Waals surface area contributed by atoms with Gasteiger partial charge in [-0.05, 0) is 66.7 Å². The Morgan fingerprint density at radius 2 is 0.743 bits per heavy atom. The van der Waals surface area contributed by atoms with Crippen LogP contribution in [-0.2, 0) is 0 Å². The number of fused-ring (bicyclic) bond motifs is 4. The molecule has 0 saturated heterocycles. The van der Waals surface area contributed by atoms with Crippen molar-refractivity contribution in [3.05, 3.63) is 121 Å². The van der Waals surface area contributed by atoms with Crippen molar-refractivity contribution in [1.82, 2.24) is 0 Å². The molecule has 168 valence electrons. The molecule has 0 aromatic heterocycles. The van der Waals surface area contributed by atoms with Gasteiger partial charge in [-0.25, -0.2) is 4.39 Å². The van der Waals surface area contributed by atoms with Gasteiger partial charge < -0.3 is 9.80 Å². The second kappa shape index (κ2) is 8.22. The van der Waals surface area contributed by atoms with Gasteiger partial charge >= 0.3 is 0 Å². The monoisotopic (exact) mass is 490 g/mol. The number of halogens is 1. The number of hydrogen-bond donors (Lipinski definition) is 0. The highest BCUT2D eigenvalue weighted by atomic mass is 32.2. The van der Waals surface area contributed by atoms with E-state index in [4.69, 9.17) is 0 Å². The lowest BCUT2D eigenvalue weighted by molar-refractivity contribution is 0.628. The van der Waals surface area contributed by atoms with E-state index >= 15 is 4.39 Å². The summed E-state index contributed by atoms with van der Waals surface area (Å²) < 4.78 is 15.4. The van der Waals surface area contributed by atoms with Crippen molar-refractivity contribution in [2.75, 3.05) is 9.80 Å². The molecular weight excluding hydrogens is 471 g/mol. The largest absolute Gasteiger partial charge is 0.308 e. The van der Waals surface area contributed by atoms with Gasteiger partial charge in [-0.15, -0.1) is 0 Å². The highest BCUT2D eigenvalue weighted by Crippen LogP contribution is 2.54. The van der Waals surface area contributed by atoms with Crippen LogP contribution < -0.4 is 9.80 Å². The van der Waals surface area contributed by atoms with Crippen LogP contribution in [-0.4, -0.2) is 0 Å². The molecule has 2 aliphatic rings. The first-order chi connectivity index (χ1) is 17.3. The summed E-state index contributed by atoms with van der Waals surface area (Å²) in [5, 5.41) is 0. The summed E-state index contributed by atoms with van der Waals surface area (Å²) in [6, 6.07) is 38.6. The molecule has 2 nitrogen and oxygen atoms in total. The second-order valence-corrected chi connectivity index (χ2v) is 10.6. The fourth-order valence-corrected chi connectivity index (χ4v) is 6.90. The molecule has 0 radical (unpaired) electrons. The number of hydrogen-bond acceptors (Lipinski definition) is 4. The van der Waals surface area contributed by atoms with E-state index in [1.807, 2.05) is 48.5 Å². The minimum absolute atomic E-state index is 0.265. The molecule has 0 spiro atoms. The molecular formula is C30H19FN2S2. The number of benzene rings is 5. The van der Waals surface area contributed by atoms with Gasteiger partial charge in [0.1, 0.15) is 5.82 Å². The molecule has 5 heteroatoms. The predicted octanol–water partition coefficient (Wildman–Crippen LogP) is 9.69. The van der Waals surface area contributed by atoms with Gasteiger partial charge in [0.25, 0.3) is 0 Å². The third-order valence-corrected chi connectivity index (χ3v) is 8.51. The zero-order valence-electron chi connectivity index (χ0n) is 18.6. The number of anilines is 6. The van der Waals surface area contributed by atoms with Crippen LogP contribution in [0, 0.1) is 5.82 Å². The Morgan fingerprint density at radius 1 is 0.429 bits per heavy atom. The van der Waals surface area contributed by atoms with E-state index in [0.29, 0.717) is 0 Å². The van der Waals surface area contributed by atoms with Crippen LogP contribution >= 0.6 is 23.5 Å². The van der Waals surface area contributed by atoms with Crippen molar-refractivity contribution in [3.8, 4) is 0 Å². The summed E-state index contributed by atoms with van der Waals surface area (Å²) in [7, 11) is 0. The van der Waals surface area contributed by atoms with Gasteiger partial charge in [-0.1, -0.05) is 72.1 Å². The SMILES string of the molecule is Fc1cc(N2c3ccccc3Sc3ccccc32)cc(N2c3ccccc3Sc3ccccc32)c1.